The van der Waals surface area contributed by atoms with Crippen LogP contribution < -0.4 is 0 Å². The quantitative estimate of drug-likeness (QED) is 0.851. The summed E-state index contributed by atoms with van der Waals surface area (Å²) in [5.41, 5.74) is 2.13. The number of fused-ring (bicyclic) bond motifs is 1. The van der Waals surface area contributed by atoms with E-state index in [0.29, 0.717) is 19.0 Å². The van der Waals surface area contributed by atoms with Crippen molar-refractivity contribution in [2.45, 2.75) is 25.7 Å². The summed E-state index contributed by atoms with van der Waals surface area (Å²) >= 11 is 0. The van der Waals surface area contributed by atoms with E-state index in [0.717, 1.165) is 29.6 Å². The standard InChI is InChI=1S/C15H17NO3/c1-10-12-4-2-3-5-13(12)19-14(10)11-6-8-16(9-7-11)15(17)18/h2-5,11H,6-9H2,1H3,(H,17,18). The van der Waals surface area contributed by atoms with E-state index in [9.17, 15) is 4.79 Å². The lowest BCUT2D eigenvalue weighted by Crippen LogP contribution is -2.36. The van der Waals surface area contributed by atoms with E-state index in [4.69, 9.17) is 9.52 Å². The highest BCUT2D eigenvalue weighted by atomic mass is 16.4. The fraction of sp³-hybridized carbons (Fsp3) is 0.400. The Balaban J connectivity index is 1.86. The summed E-state index contributed by atoms with van der Waals surface area (Å²) in [5.74, 6) is 1.37. The second kappa shape index (κ2) is 4.61. The summed E-state index contributed by atoms with van der Waals surface area (Å²) in [4.78, 5) is 12.4. The number of piperidine rings is 1. The van der Waals surface area contributed by atoms with Gasteiger partial charge in [0.2, 0.25) is 0 Å². The molecule has 0 radical (unpaired) electrons. The Morgan fingerprint density at radius 1 is 1.32 bits per heavy atom. The third-order valence-corrected chi connectivity index (χ3v) is 4.02. The zero-order valence-electron chi connectivity index (χ0n) is 10.9. The summed E-state index contributed by atoms with van der Waals surface area (Å²) in [5, 5.41) is 10.1. The van der Waals surface area contributed by atoms with Gasteiger partial charge in [0.15, 0.2) is 0 Å². The third-order valence-electron chi connectivity index (χ3n) is 4.02. The van der Waals surface area contributed by atoms with Gasteiger partial charge in [-0.1, -0.05) is 18.2 Å². The number of hydrogen-bond donors (Lipinski definition) is 1. The molecule has 1 fully saturated rings. The smallest absolute Gasteiger partial charge is 0.407 e. The van der Waals surface area contributed by atoms with Crippen LogP contribution in [0.5, 0.6) is 0 Å². The van der Waals surface area contributed by atoms with Crippen LogP contribution in [0.15, 0.2) is 28.7 Å². The van der Waals surface area contributed by atoms with Crippen LogP contribution >= 0.6 is 0 Å². The van der Waals surface area contributed by atoms with Gasteiger partial charge >= 0.3 is 6.09 Å². The first-order valence-corrected chi connectivity index (χ1v) is 6.62. The first kappa shape index (κ1) is 12.1. The molecule has 0 spiro atoms. The van der Waals surface area contributed by atoms with Gasteiger partial charge < -0.3 is 14.4 Å². The molecule has 1 aliphatic rings. The number of hydrogen-bond acceptors (Lipinski definition) is 2. The molecule has 3 rings (SSSR count). The Labute approximate surface area is 111 Å². The Kier molecular flexibility index (Phi) is 2.93. The number of benzene rings is 1. The second-order valence-corrected chi connectivity index (χ2v) is 5.13. The van der Waals surface area contributed by atoms with E-state index >= 15 is 0 Å². The lowest BCUT2D eigenvalue weighted by molar-refractivity contribution is 0.130. The maximum absolute atomic E-state index is 10.9. The molecule has 0 saturated carbocycles. The van der Waals surface area contributed by atoms with Crippen LogP contribution in [0.25, 0.3) is 11.0 Å². The van der Waals surface area contributed by atoms with Gasteiger partial charge in [-0.05, 0) is 31.4 Å². The number of carboxylic acid groups (broad SMARTS) is 1. The van der Waals surface area contributed by atoms with Crippen molar-refractivity contribution in [2.24, 2.45) is 0 Å². The van der Waals surface area contributed by atoms with Gasteiger partial charge in [-0.15, -0.1) is 0 Å². The monoisotopic (exact) mass is 259 g/mol. The van der Waals surface area contributed by atoms with E-state index in [-0.39, 0.29) is 0 Å². The van der Waals surface area contributed by atoms with Crippen molar-refractivity contribution in [3.8, 4) is 0 Å². The van der Waals surface area contributed by atoms with Crippen molar-refractivity contribution in [1.82, 2.24) is 4.90 Å². The van der Waals surface area contributed by atoms with Crippen molar-refractivity contribution in [3.63, 3.8) is 0 Å². The molecular weight excluding hydrogens is 242 g/mol. The highest BCUT2D eigenvalue weighted by Gasteiger charge is 2.27. The van der Waals surface area contributed by atoms with E-state index in [1.54, 1.807) is 0 Å². The zero-order valence-corrected chi connectivity index (χ0v) is 10.9. The van der Waals surface area contributed by atoms with Crippen LogP contribution in [-0.4, -0.2) is 29.2 Å². The number of amides is 1. The molecule has 19 heavy (non-hydrogen) atoms. The van der Waals surface area contributed by atoms with Gasteiger partial charge in [0, 0.05) is 24.4 Å². The Morgan fingerprint density at radius 3 is 2.63 bits per heavy atom. The molecule has 1 N–H and O–H groups in total. The van der Waals surface area contributed by atoms with Gasteiger partial charge in [-0.3, -0.25) is 0 Å². The number of aryl methyl sites for hydroxylation is 1. The minimum Gasteiger partial charge on any atom is -0.465 e. The van der Waals surface area contributed by atoms with E-state index in [2.05, 4.69) is 13.0 Å². The topological polar surface area (TPSA) is 53.7 Å². The van der Waals surface area contributed by atoms with Crippen LogP contribution in [0.1, 0.15) is 30.1 Å². The summed E-state index contributed by atoms with van der Waals surface area (Å²) in [7, 11) is 0. The van der Waals surface area contributed by atoms with Crippen LogP contribution in [0, 0.1) is 6.92 Å². The third kappa shape index (κ3) is 2.07. The molecule has 4 nitrogen and oxygen atoms in total. The highest BCUT2D eigenvalue weighted by molar-refractivity contribution is 5.82. The van der Waals surface area contributed by atoms with Crippen molar-refractivity contribution < 1.29 is 14.3 Å². The molecule has 1 saturated heterocycles. The molecule has 1 aromatic heterocycles. The minimum atomic E-state index is -0.820. The van der Waals surface area contributed by atoms with Crippen LogP contribution in [-0.2, 0) is 0 Å². The fourth-order valence-corrected chi connectivity index (χ4v) is 2.92. The van der Waals surface area contributed by atoms with Gasteiger partial charge in [0.05, 0.1) is 0 Å². The molecule has 0 unspecified atom stereocenters. The van der Waals surface area contributed by atoms with Crippen LogP contribution in [0.2, 0.25) is 0 Å². The maximum Gasteiger partial charge on any atom is 0.407 e. The zero-order chi connectivity index (χ0) is 13.4. The largest absolute Gasteiger partial charge is 0.465 e. The fourth-order valence-electron chi connectivity index (χ4n) is 2.92. The summed E-state index contributed by atoms with van der Waals surface area (Å²) in [6.45, 7) is 3.28. The maximum atomic E-state index is 10.9. The van der Waals surface area contributed by atoms with E-state index in [1.165, 1.54) is 10.5 Å². The average molecular weight is 259 g/mol. The normalized spacial score (nSPS) is 17.0. The van der Waals surface area contributed by atoms with Gasteiger partial charge in [0.1, 0.15) is 11.3 Å². The molecule has 0 bridgehead atoms. The van der Waals surface area contributed by atoms with Crippen molar-refractivity contribution >= 4 is 17.1 Å². The molecule has 1 amide bonds. The molecule has 0 atom stereocenters. The van der Waals surface area contributed by atoms with Crippen molar-refractivity contribution in [3.05, 3.63) is 35.6 Å². The Hall–Kier alpha value is -1.97. The SMILES string of the molecule is Cc1c(C2CCN(C(=O)O)CC2)oc2ccccc12. The number of nitrogens with zero attached hydrogens (tertiary/aromatic N) is 1. The van der Waals surface area contributed by atoms with Crippen molar-refractivity contribution in [2.75, 3.05) is 13.1 Å². The number of furan rings is 1. The molecule has 2 aromatic rings. The summed E-state index contributed by atoms with van der Waals surface area (Å²) in [6, 6.07) is 8.05. The van der Waals surface area contributed by atoms with Gasteiger partial charge in [-0.2, -0.15) is 0 Å². The summed E-state index contributed by atoms with van der Waals surface area (Å²) < 4.78 is 5.97. The molecule has 0 aliphatic carbocycles. The number of likely N-dealkylation sites (tertiary alicyclic amines) is 1. The van der Waals surface area contributed by atoms with E-state index in [1.807, 2.05) is 18.2 Å². The van der Waals surface area contributed by atoms with E-state index < -0.39 is 6.09 Å². The van der Waals surface area contributed by atoms with Gasteiger partial charge in [0.25, 0.3) is 0 Å². The lowest BCUT2D eigenvalue weighted by Gasteiger charge is -2.29. The number of carbonyl (C=O) groups is 1. The molecule has 100 valence electrons. The van der Waals surface area contributed by atoms with Crippen molar-refractivity contribution in [1.29, 1.82) is 0 Å². The molecule has 1 aromatic carbocycles. The number of rotatable bonds is 1. The lowest BCUT2D eigenvalue weighted by atomic mass is 9.92. The first-order chi connectivity index (χ1) is 9.16. The molecule has 4 heteroatoms. The minimum absolute atomic E-state index is 0.336. The predicted octanol–water partition coefficient (Wildman–Crippen LogP) is 3.60. The molecular formula is C15H17NO3. The first-order valence-electron chi connectivity index (χ1n) is 6.62. The average Bonchev–Trinajstić information content (AvgIpc) is 2.77. The second-order valence-electron chi connectivity index (χ2n) is 5.13. The predicted molar refractivity (Wildman–Crippen MR) is 72.5 cm³/mol. The Morgan fingerprint density at radius 2 is 2.00 bits per heavy atom. The Bertz CT molecular complexity index is 609. The van der Waals surface area contributed by atoms with Gasteiger partial charge in [-0.25, -0.2) is 4.79 Å². The van der Waals surface area contributed by atoms with Crippen LogP contribution in [0.3, 0.4) is 0 Å². The molecule has 2 heterocycles. The molecule has 1 aliphatic heterocycles. The van der Waals surface area contributed by atoms with Crippen LogP contribution in [0.4, 0.5) is 4.79 Å². The highest BCUT2D eigenvalue weighted by Crippen LogP contribution is 2.35. The summed E-state index contributed by atoms with van der Waals surface area (Å²) in [6.07, 6.45) is 0.861. The number of para-hydroxylation sites is 1.